The number of allylic oxidation sites excluding steroid dienone is 3. The van der Waals surface area contributed by atoms with Crippen LogP contribution in [-0.4, -0.2) is 9.97 Å². The molecule has 0 amide bonds. The quantitative estimate of drug-likeness (QED) is 0.597. The lowest BCUT2D eigenvalue weighted by Crippen LogP contribution is -1.82. The summed E-state index contributed by atoms with van der Waals surface area (Å²) in [6.45, 7) is 5.61. The van der Waals surface area contributed by atoms with Crippen molar-refractivity contribution < 1.29 is 0 Å². The first-order chi connectivity index (χ1) is 5.34. The highest BCUT2D eigenvalue weighted by atomic mass is 14.8. The van der Waals surface area contributed by atoms with E-state index in [1.54, 1.807) is 18.5 Å². The minimum Gasteiger partial charge on any atom is -0.244 e. The molecule has 1 aromatic rings. The lowest BCUT2D eigenvalue weighted by molar-refractivity contribution is 1.15. The van der Waals surface area contributed by atoms with Gasteiger partial charge in [0.05, 0.1) is 0 Å². The molecule has 0 unspecified atom stereocenters. The summed E-state index contributed by atoms with van der Waals surface area (Å²) in [7, 11) is 0. The average molecular weight is 146 g/mol. The molecule has 0 bridgehead atoms. The van der Waals surface area contributed by atoms with E-state index in [9.17, 15) is 0 Å². The van der Waals surface area contributed by atoms with Crippen LogP contribution < -0.4 is 0 Å². The number of nitrogens with zero attached hydrogens (tertiary/aromatic N) is 2. The fourth-order valence-electron chi connectivity index (χ4n) is 0.776. The van der Waals surface area contributed by atoms with Crippen LogP contribution in [0.5, 0.6) is 0 Å². The van der Waals surface area contributed by atoms with E-state index in [4.69, 9.17) is 0 Å². The average Bonchev–Trinajstić information content (AvgIpc) is 2.07. The van der Waals surface area contributed by atoms with Crippen molar-refractivity contribution in [3.8, 4) is 0 Å². The minimum absolute atomic E-state index is 1.03. The third-order valence-corrected chi connectivity index (χ3v) is 1.38. The number of rotatable bonds is 2. The summed E-state index contributed by atoms with van der Waals surface area (Å²) in [5.41, 5.74) is 2.16. The van der Waals surface area contributed by atoms with Crippen LogP contribution in [0.2, 0.25) is 0 Å². The largest absolute Gasteiger partial charge is 0.244 e. The van der Waals surface area contributed by atoms with Crippen LogP contribution in [0.1, 0.15) is 12.5 Å². The Morgan fingerprint density at radius 1 is 1.45 bits per heavy atom. The summed E-state index contributed by atoms with van der Waals surface area (Å²) >= 11 is 0. The Balaban J connectivity index is 2.94. The van der Waals surface area contributed by atoms with Crippen molar-refractivity contribution in [2.45, 2.75) is 6.92 Å². The van der Waals surface area contributed by atoms with E-state index >= 15 is 0 Å². The van der Waals surface area contributed by atoms with Gasteiger partial charge in [0.2, 0.25) is 0 Å². The van der Waals surface area contributed by atoms with Crippen molar-refractivity contribution in [2.24, 2.45) is 0 Å². The first-order valence-electron chi connectivity index (χ1n) is 3.39. The molecular weight excluding hydrogens is 136 g/mol. The van der Waals surface area contributed by atoms with Crippen molar-refractivity contribution in [2.75, 3.05) is 0 Å². The Morgan fingerprint density at radius 2 is 2.09 bits per heavy atom. The Labute approximate surface area is 66.3 Å². The van der Waals surface area contributed by atoms with Gasteiger partial charge in [0.15, 0.2) is 0 Å². The molecule has 2 heteroatoms. The van der Waals surface area contributed by atoms with Crippen molar-refractivity contribution in [3.05, 3.63) is 43.0 Å². The molecule has 2 nitrogen and oxygen atoms in total. The van der Waals surface area contributed by atoms with Crippen LogP contribution in [0.25, 0.3) is 5.57 Å². The van der Waals surface area contributed by atoms with Crippen molar-refractivity contribution in [1.82, 2.24) is 9.97 Å². The second kappa shape index (κ2) is 3.66. The summed E-state index contributed by atoms with van der Waals surface area (Å²) in [6, 6.07) is 0. The molecule has 0 aliphatic carbocycles. The van der Waals surface area contributed by atoms with Gasteiger partial charge in [0, 0.05) is 18.0 Å². The van der Waals surface area contributed by atoms with Gasteiger partial charge in [-0.25, -0.2) is 9.97 Å². The van der Waals surface area contributed by atoms with Gasteiger partial charge >= 0.3 is 0 Å². The van der Waals surface area contributed by atoms with Gasteiger partial charge in [-0.05, 0) is 12.5 Å². The molecule has 0 aliphatic heterocycles. The summed E-state index contributed by atoms with van der Waals surface area (Å²) in [5.74, 6) is 0. The van der Waals surface area contributed by atoms with Crippen LogP contribution in [0.3, 0.4) is 0 Å². The van der Waals surface area contributed by atoms with Gasteiger partial charge in [0.1, 0.15) is 6.33 Å². The molecule has 0 saturated carbocycles. The first kappa shape index (κ1) is 7.66. The molecule has 0 spiro atoms. The highest BCUT2D eigenvalue weighted by molar-refractivity contribution is 5.63. The third kappa shape index (κ3) is 2.00. The minimum atomic E-state index is 1.03. The fourth-order valence-corrected chi connectivity index (χ4v) is 0.776. The van der Waals surface area contributed by atoms with Crippen LogP contribution in [0, 0.1) is 0 Å². The van der Waals surface area contributed by atoms with Gasteiger partial charge < -0.3 is 0 Å². The molecule has 0 radical (unpaired) electrons. The molecule has 56 valence electrons. The van der Waals surface area contributed by atoms with Gasteiger partial charge in [-0.15, -0.1) is 0 Å². The molecule has 0 saturated heterocycles. The molecule has 1 aromatic heterocycles. The van der Waals surface area contributed by atoms with Gasteiger partial charge in [0.25, 0.3) is 0 Å². The number of aromatic nitrogens is 2. The number of hydrogen-bond donors (Lipinski definition) is 0. The lowest BCUT2D eigenvalue weighted by Gasteiger charge is -1.96. The second-order valence-corrected chi connectivity index (χ2v) is 2.21. The maximum absolute atomic E-state index is 3.90. The molecule has 11 heavy (non-hydrogen) atoms. The fraction of sp³-hybridized carbons (Fsp3) is 0.111. The molecule has 0 N–H and O–H groups in total. The SMILES string of the molecule is C=C/C=C(\C)c1cncnc1. The Hall–Kier alpha value is -1.44. The predicted octanol–water partition coefficient (Wildman–Crippen LogP) is 2.07. The van der Waals surface area contributed by atoms with E-state index in [1.165, 1.54) is 6.33 Å². The Bertz CT molecular complexity index is 262. The molecule has 0 aliphatic rings. The van der Waals surface area contributed by atoms with E-state index < -0.39 is 0 Å². The topological polar surface area (TPSA) is 25.8 Å². The van der Waals surface area contributed by atoms with Gasteiger partial charge in [-0.1, -0.05) is 18.7 Å². The summed E-state index contributed by atoms with van der Waals surface area (Å²) in [4.78, 5) is 7.80. The molecule has 0 aromatic carbocycles. The van der Waals surface area contributed by atoms with Crippen molar-refractivity contribution in [3.63, 3.8) is 0 Å². The zero-order chi connectivity index (χ0) is 8.10. The molecule has 1 rings (SSSR count). The zero-order valence-electron chi connectivity index (χ0n) is 6.49. The van der Waals surface area contributed by atoms with Crippen LogP contribution >= 0.6 is 0 Å². The van der Waals surface area contributed by atoms with Crippen molar-refractivity contribution >= 4 is 5.57 Å². The van der Waals surface area contributed by atoms with Gasteiger partial charge in [-0.3, -0.25) is 0 Å². The predicted molar refractivity (Wildman–Crippen MR) is 45.9 cm³/mol. The molecule has 0 fully saturated rings. The summed E-state index contributed by atoms with van der Waals surface area (Å²) in [6.07, 6.45) is 8.76. The van der Waals surface area contributed by atoms with E-state index in [2.05, 4.69) is 16.5 Å². The molecule has 1 heterocycles. The van der Waals surface area contributed by atoms with Crippen LogP contribution in [0.15, 0.2) is 37.5 Å². The normalized spacial score (nSPS) is 11.2. The number of hydrogen-bond acceptors (Lipinski definition) is 2. The highest BCUT2D eigenvalue weighted by Crippen LogP contribution is 2.09. The third-order valence-electron chi connectivity index (χ3n) is 1.38. The van der Waals surface area contributed by atoms with Crippen LogP contribution in [-0.2, 0) is 0 Å². The monoisotopic (exact) mass is 146 g/mol. The maximum Gasteiger partial charge on any atom is 0.115 e. The van der Waals surface area contributed by atoms with E-state index in [0.29, 0.717) is 0 Å². The zero-order valence-corrected chi connectivity index (χ0v) is 6.49. The lowest BCUT2D eigenvalue weighted by atomic mass is 10.1. The highest BCUT2D eigenvalue weighted by Gasteiger charge is 1.91. The van der Waals surface area contributed by atoms with Gasteiger partial charge in [-0.2, -0.15) is 0 Å². The smallest absolute Gasteiger partial charge is 0.115 e. The van der Waals surface area contributed by atoms with E-state index in [1.807, 2.05) is 13.0 Å². The van der Waals surface area contributed by atoms with E-state index in [0.717, 1.165) is 11.1 Å². The standard InChI is InChI=1S/C9H10N2/c1-3-4-8(2)9-5-10-7-11-6-9/h3-7H,1H2,2H3/b8-4+. The Kier molecular flexibility index (Phi) is 2.55. The summed E-state index contributed by atoms with van der Waals surface area (Å²) in [5, 5.41) is 0. The second-order valence-electron chi connectivity index (χ2n) is 2.21. The molecular formula is C9H10N2. The maximum atomic E-state index is 3.90. The Morgan fingerprint density at radius 3 is 2.64 bits per heavy atom. The van der Waals surface area contributed by atoms with Crippen LogP contribution in [0.4, 0.5) is 0 Å². The first-order valence-corrected chi connectivity index (χ1v) is 3.39. The summed E-state index contributed by atoms with van der Waals surface area (Å²) < 4.78 is 0. The molecule has 0 atom stereocenters. The van der Waals surface area contributed by atoms with Crippen molar-refractivity contribution in [1.29, 1.82) is 0 Å². The van der Waals surface area contributed by atoms with E-state index in [-0.39, 0.29) is 0 Å².